The second-order valence-corrected chi connectivity index (χ2v) is 5.01. The fraction of sp³-hybridized carbons (Fsp3) is 0.300. The van der Waals surface area contributed by atoms with Crippen LogP contribution >= 0.6 is 34.6 Å². The van der Waals surface area contributed by atoms with Crippen LogP contribution in [0.3, 0.4) is 0 Å². The van der Waals surface area contributed by atoms with Gasteiger partial charge in [-0.1, -0.05) is 27.6 Å². The normalized spacial score (nSPS) is 10.3. The van der Waals surface area contributed by atoms with Crippen LogP contribution in [0.25, 0.3) is 0 Å². The SMILES string of the molecule is Cc1cc(NC(=O)CCI)ccc1SOOO. The molecule has 0 unspecified atom stereocenters. The fourth-order valence-corrected chi connectivity index (χ4v) is 2.09. The van der Waals surface area contributed by atoms with Gasteiger partial charge in [-0.3, -0.25) is 4.79 Å². The molecule has 17 heavy (non-hydrogen) atoms. The molecule has 1 rings (SSSR count). The van der Waals surface area contributed by atoms with Gasteiger partial charge in [0.15, 0.2) is 0 Å². The van der Waals surface area contributed by atoms with Crippen LogP contribution < -0.4 is 5.32 Å². The van der Waals surface area contributed by atoms with Gasteiger partial charge in [-0.2, -0.15) is 0 Å². The van der Waals surface area contributed by atoms with Gasteiger partial charge in [-0.25, -0.2) is 5.26 Å². The van der Waals surface area contributed by atoms with Gasteiger partial charge in [-0.15, -0.1) is 4.33 Å². The summed E-state index contributed by atoms with van der Waals surface area (Å²) in [7, 11) is 0. The van der Waals surface area contributed by atoms with Crippen LogP contribution in [-0.2, 0) is 14.2 Å². The molecule has 0 aliphatic heterocycles. The highest BCUT2D eigenvalue weighted by molar-refractivity contribution is 14.1. The smallest absolute Gasteiger partial charge is 0.225 e. The van der Waals surface area contributed by atoms with Crippen molar-refractivity contribution >= 4 is 46.2 Å². The Morgan fingerprint density at radius 2 is 2.35 bits per heavy atom. The van der Waals surface area contributed by atoms with Crippen molar-refractivity contribution < 1.29 is 19.4 Å². The largest absolute Gasteiger partial charge is 0.326 e. The maximum Gasteiger partial charge on any atom is 0.225 e. The van der Waals surface area contributed by atoms with E-state index in [0.29, 0.717) is 6.42 Å². The average Bonchev–Trinajstić information content (AvgIpc) is 2.28. The summed E-state index contributed by atoms with van der Waals surface area (Å²) in [5.41, 5.74) is 1.66. The Hall–Kier alpha value is -0.350. The summed E-state index contributed by atoms with van der Waals surface area (Å²) in [6, 6.07) is 5.37. The Morgan fingerprint density at radius 3 is 2.94 bits per heavy atom. The van der Waals surface area contributed by atoms with Crippen LogP contribution in [0.2, 0.25) is 0 Å². The van der Waals surface area contributed by atoms with Gasteiger partial charge >= 0.3 is 0 Å². The molecule has 1 aromatic carbocycles. The predicted molar refractivity (Wildman–Crippen MR) is 74.0 cm³/mol. The zero-order chi connectivity index (χ0) is 12.7. The molecule has 7 heteroatoms. The molecule has 0 saturated heterocycles. The summed E-state index contributed by atoms with van der Waals surface area (Å²) < 4.78 is 5.13. The van der Waals surface area contributed by atoms with E-state index in [0.717, 1.165) is 32.6 Å². The maximum absolute atomic E-state index is 11.4. The third-order valence-electron chi connectivity index (χ3n) is 1.93. The quantitative estimate of drug-likeness (QED) is 0.265. The molecule has 0 atom stereocenters. The number of carbonyl (C=O) groups is 1. The Balaban J connectivity index is 2.64. The lowest BCUT2D eigenvalue weighted by molar-refractivity contribution is -0.432. The Morgan fingerprint density at radius 1 is 1.59 bits per heavy atom. The molecule has 1 amide bonds. The van der Waals surface area contributed by atoms with Gasteiger partial charge in [0.2, 0.25) is 5.91 Å². The summed E-state index contributed by atoms with van der Waals surface area (Å²) in [4.78, 5) is 12.2. The van der Waals surface area contributed by atoms with Gasteiger partial charge in [0.05, 0.1) is 12.0 Å². The number of hydrogen-bond acceptors (Lipinski definition) is 5. The minimum Gasteiger partial charge on any atom is -0.326 e. The molecule has 0 radical (unpaired) electrons. The Bertz CT molecular complexity index is 389. The summed E-state index contributed by atoms with van der Waals surface area (Å²) >= 11 is 3.05. The molecule has 0 heterocycles. The predicted octanol–water partition coefficient (Wildman–Crippen LogP) is 3.19. The monoisotopic (exact) mass is 369 g/mol. The molecule has 0 aliphatic rings. The fourth-order valence-electron chi connectivity index (χ4n) is 1.18. The van der Waals surface area contributed by atoms with Gasteiger partial charge in [0.25, 0.3) is 0 Å². The topological polar surface area (TPSA) is 67.8 Å². The van der Waals surface area contributed by atoms with E-state index in [1.165, 1.54) is 0 Å². The van der Waals surface area contributed by atoms with E-state index in [4.69, 9.17) is 5.26 Å². The molecule has 0 spiro atoms. The number of benzene rings is 1. The van der Waals surface area contributed by atoms with Gasteiger partial charge < -0.3 is 5.32 Å². The van der Waals surface area contributed by atoms with Crippen LogP contribution in [0.1, 0.15) is 12.0 Å². The van der Waals surface area contributed by atoms with Crippen molar-refractivity contribution in [3.63, 3.8) is 0 Å². The molecule has 0 aromatic heterocycles. The molecule has 0 fully saturated rings. The van der Waals surface area contributed by atoms with Crippen molar-refractivity contribution in [1.82, 2.24) is 0 Å². The maximum atomic E-state index is 11.4. The zero-order valence-corrected chi connectivity index (χ0v) is 12.1. The second kappa shape index (κ2) is 7.88. The minimum absolute atomic E-state index is 0.00542. The van der Waals surface area contributed by atoms with Gasteiger partial charge in [-0.05, 0) is 30.7 Å². The van der Waals surface area contributed by atoms with Crippen LogP contribution in [0.5, 0.6) is 0 Å². The van der Waals surface area contributed by atoms with Crippen LogP contribution in [0.15, 0.2) is 23.1 Å². The van der Waals surface area contributed by atoms with Gasteiger partial charge in [0, 0.05) is 21.4 Å². The van der Waals surface area contributed by atoms with Crippen molar-refractivity contribution in [2.24, 2.45) is 0 Å². The van der Waals surface area contributed by atoms with E-state index in [2.05, 4.69) is 37.3 Å². The second-order valence-electron chi connectivity index (χ2n) is 3.19. The number of aryl methyl sites for hydroxylation is 1. The zero-order valence-electron chi connectivity index (χ0n) is 9.10. The number of alkyl halides is 1. The van der Waals surface area contributed by atoms with Gasteiger partial charge in [0.1, 0.15) is 0 Å². The number of carbonyl (C=O) groups excluding carboxylic acids is 1. The Labute approximate surface area is 117 Å². The molecule has 0 bridgehead atoms. The van der Waals surface area contributed by atoms with E-state index in [-0.39, 0.29) is 5.91 Å². The first kappa shape index (κ1) is 14.7. The number of anilines is 1. The molecular formula is C10H12INO4S. The molecule has 94 valence electrons. The summed E-state index contributed by atoms with van der Waals surface area (Å²) in [5.74, 6) is -0.00542. The summed E-state index contributed by atoms with van der Waals surface area (Å²) in [6.45, 7) is 1.87. The first-order valence-electron chi connectivity index (χ1n) is 4.78. The van der Waals surface area contributed by atoms with Crippen LogP contribution in [-0.4, -0.2) is 15.6 Å². The molecule has 0 aliphatic carbocycles. The Kier molecular flexibility index (Phi) is 6.82. The number of hydrogen-bond donors (Lipinski definition) is 2. The van der Waals surface area contributed by atoms with Crippen molar-refractivity contribution in [1.29, 1.82) is 0 Å². The molecule has 5 nitrogen and oxygen atoms in total. The third kappa shape index (κ3) is 5.21. The number of halogens is 1. The highest BCUT2D eigenvalue weighted by Crippen LogP contribution is 2.25. The van der Waals surface area contributed by atoms with Crippen molar-refractivity contribution in [2.75, 3.05) is 9.74 Å². The van der Waals surface area contributed by atoms with Crippen molar-refractivity contribution in [2.45, 2.75) is 18.2 Å². The first-order chi connectivity index (χ1) is 8.17. The first-order valence-corrected chi connectivity index (χ1v) is 7.05. The summed E-state index contributed by atoms with van der Waals surface area (Å²) in [6.07, 6.45) is 0.498. The van der Waals surface area contributed by atoms with Crippen LogP contribution in [0.4, 0.5) is 5.69 Å². The highest BCUT2D eigenvalue weighted by atomic mass is 127. The van der Waals surface area contributed by atoms with E-state index in [1.54, 1.807) is 12.1 Å². The van der Waals surface area contributed by atoms with E-state index in [9.17, 15) is 4.79 Å². The number of rotatable bonds is 6. The molecule has 1 aromatic rings. The standard InChI is InChI=1S/C10H12INO4S/c1-7-6-8(12-10(13)4-5-11)2-3-9(7)17-16-15-14/h2-3,6,14H,4-5H2,1H3,(H,12,13). The molecular weight excluding hydrogens is 357 g/mol. The summed E-state index contributed by atoms with van der Waals surface area (Å²) in [5, 5.41) is 14.4. The number of nitrogens with one attached hydrogen (secondary N) is 1. The van der Waals surface area contributed by atoms with E-state index < -0.39 is 0 Å². The lowest BCUT2D eigenvalue weighted by atomic mass is 10.2. The minimum atomic E-state index is -0.00542. The van der Waals surface area contributed by atoms with Crippen molar-refractivity contribution in [3.05, 3.63) is 23.8 Å². The van der Waals surface area contributed by atoms with Crippen LogP contribution in [0, 0.1) is 6.92 Å². The van der Waals surface area contributed by atoms with Crippen molar-refractivity contribution in [3.8, 4) is 0 Å². The molecule has 2 N–H and O–H groups in total. The lowest BCUT2D eigenvalue weighted by Gasteiger charge is -2.07. The average molecular weight is 369 g/mol. The third-order valence-corrected chi connectivity index (χ3v) is 3.24. The number of amides is 1. The lowest BCUT2D eigenvalue weighted by Crippen LogP contribution is -2.11. The molecule has 0 saturated carbocycles. The highest BCUT2D eigenvalue weighted by Gasteiger charge is 2.05. The van der Waals surface area contributed by atoms with E-state index >= 15 is 0 Å². The van der Waals surface area contributed by atoms with E-state index in [1.807, 2.05) is 13.0 Å².